The Morgan fingerprint density at radius 1 is 1.24 bits per heavy atom. The molecule has 0 fully saturated rings. The molecule has 0 bridgehead atoms. The number of hydrogen-bond donors (Lipinski definition) is 2. The lowest BCUT2D eigenvalue weighted by Gasteiger charge is -2.24. The van der Waals surface area contributed by atoms with E-state index in [-0.39, 0.29) is 5.91 Å². The van der Waals surface area contributed by atoms with Gasteiger partial charge in [0.2, 0.25) is 5.91 Å². The van der Waals surface area contributed by atoms with Crippen LogP contribution in [-0.2, 0) is 9.59 Å². The van der Waals surface area contributed by atoms with Gasteiger partial charge in [0, 0.05) is 0 Å². The summed E-state index contributed by atoms with van der Waals surface area (Å²) >= 11 is 0. The van der Waals surface area contributed by atoms with Crippen LogP contribution in [0, 0.1) is 18.8 Å². The molecule has 112 valence electrons. The quantitative estimate of drug-likeness (QED) is 0.835. The maximum Gasteiger partial charge on any atom is 0.307 e. The Labute approximate surface area is 123 Å². The van der Waals surface area contributed by atoms with E-state index in [2.05, 4.69) is 5.32 Å². The second kappa shape index (κ2) is 6.43. The van der Waals surface area contributed by atoms with E-state index < -0.39 is 17.8 Å². The van der Waals surface area contributed by atoms with E-state index in [9.17, 15) is 14.7 Å². The summed E-state index contributed by atoms with van der Waals surface area (Å²) in [5.74, 6) is -1.88. The summed E-state index contributed by atoms with van der Waals surface area (Å²) in [4.78, 5) is 23.6. The third kappa shape index (κ3) is 3.42. The predicted octanol–water partition coefficient (Wildman–Crippen LogP) is 2.61. The van der Waals surface area contributed by atoms with Crippen LogP contribution in [0.1, 0.15) is 18.4 Å². The molecule has 2 N–H and O–H groups in total. The first kappa shape index (κ1) is 15.1. The van der Waals surface area contributed by atoms with E-state index in [1.807, 2.05) is 31.2 Å². The molecule has 5 heteroatoms. The Hall–Kier alpha value is -2.30. The topological polar surface area (TPSA) is 75.6 Å². The summed E-state index contributed by atoms with van der Waals surface area (Å²) in [6.07, 6.45) is 4.50. The first-order valence-corrected chi connectivity index (χ1v) is 6.86. The molecule has 2 rings (SSSR count). The highest BCUT2D eigenvalue weighted by Gasteiger charge is 2.34. The summed E-state index contributed by atoms with van der Waals surface area (Å²) in [7, 11) is 1.54. The van der Waals surface area contributed by atoms with E-state index in [1.54, 1.807) is 6.07 Å². The van der Waals surface area contributed by atoms with Crippen LogP contribution in [0.15, 0.2) is 30.4 Å². The van der Waals surface area contributed by atoms with Crippen molar-refractivity contribution in [1.82, 2.24) is 0 Å². The van der Waals surface area contributed by atoms with Crippen molar-refractivity contribution in [3.63, 3.8) is 0 Å². The molecule has 5 nitrogen and oxygen atoms in total. The maximum atomic E-state index is 12.4. The summed E-state index contributed by atoms with van der Waals surface area (Å²) in [5.41, 5.74) is 1.58. The number of allylic oxidation sites excluding steroid dienone is 2. The number of aliphatic carboxylic acids is 1. The molecule has 0 saturated carbocycles. The van der Waals surface area contributed by atoms with Crippen LogP contribution in [0.3, 0.4) is 0 Å². The first-order valence-electron chi connectivity index (χ1n) is 6.86. The Morgan fingerprint density at radius 2 is 1.90 bits per heavy atom. The average molecular weight is 289 g/mol. The zero-order chi connectivity index (χ0) is 15.4. The molecule has 0 aliphatic heterocycles. The van der Waals surface area contributed by atoms with E-state index in [1.165, 1.54) is 7.11 Å². The Kier molecular flexibility index (Phi) is 4.62. The smallest absolute Gasteiger partial charge is 0.307 e. The van der Waals surface area contributed by atoms with E-state index in [0.717, 1.165) is 5.56 Å². The monoisotopic (exact) mass is 289 g/mol. The van der Waals surface area contributed by atoms with Gasteiger partial charge in [-0.2, -0.15) is 0 Å². The highest BCUT2D eigenvalue weighted by Crippen LogP contribution is 2.30. The zero-order valence-electron chi connectivity index (χ0n) is 12.1. The highest BCUT2D eigenvalue weighted by molar-refractivity contribution is 5.96. The largest absolute Gasteiger partial charge is 0.495 e. The number of amides is 1. The molecule has 1 aromatic carbocycles. The summed E-state index contributed by atoms with van der Waals surface area (Å²) in [6, 6.07) is 5.46. The van der Waals surface area contributed by atoms with Gasteiger partial charge in [0.15, 0.2) is 0 Å². The van der Waals surface area contributed by atoms with Gasteiger partial charge < -0.3 is 15.2 Å². The molecule has 0 radical (unpaired) electrons. The van der Waals surface area contributed by atoms with Gasteiger partial charge in [-0.05, 0) is 37.5 Å². The molecule has 1 aromatic rings. The van der Waals surface area contributed by atoms with Gasteiger partial charge >= 0.3 is 5.97 Å². The van der Waals surface area contributed by atoms with Crippen molar-refractivity contribution in [1.29, 1.82) is 0 Å². The molecule has 1 aliphatic carbocycles. The number of aryl methyl sites for hydroxylation is 1. The van der Waals surface area contributed by atoms with E-state index in [0.29, 0.717) is 24.3 Å². The minimum Gasteiger partial charge on any atom is -0.495 e. The molecule has 21 heavy (non-hydrogen) atoms. The minimum absolute atomic E-state index is 0.283. The van der Waals surface area contributed by atoms with E-state index in [4.69, 9.17) is 4.74 Å². The van der Waals surface area contributed by atoms with Crippen molar-refractivity contribution < 1.29 is 19.4 Å². The number of ether oxygens (including phenoxy) is 1. The molecule has 1 aliphatic rings. The number of carbonyl (C=O) groups is 2. The van der Waals surface area contributed by atoms with Gasteiger partial charge in [0.1, 0.15) is 5.75 Å². The number of benzene rings is 1. The molecule has 0 aromatic heterocycles. The number of methoxy groups -OCH3 is 1. The van der Waals surface area contributed by atoms with Crippen LogP contribution in [-0.4, -0.2) is 24.1 Å². The lowest BCUT2D eigenvalue weighted by Crippen LogP contribution is -2.34. The molecule has 0 heterocycles. The second-order valence-corrected chi connectivity index (χ2v) is 5.19. The van der Waals surface area contributed by atoms with Gasteiger partial charge in [0.25, 0.3) is 0 Å². The normalized spacial score (nSPS) is 20.9. The lowest BCUT2D eigenvalue weighted by molar-refractivity contribution is -0.146. The Morgan fingerprint density at radius 3 is 2.52 bits per heavy atom. The standard InChI is InChI=1S/C16H19NO4/c1-10-7-8-13(14(9-10)21-2)17-15(18)11-5-3-4-6-12(11)16(19)20/h3-4,7-9,11-12H,5-6H2,1-2H3,(H,17,18)(H,19,20). The van der Waals surface area contributed by atoms with Gasteiger partial charge in [-0.3, -0.25) is 9.59 Å². The summed E-state index contributed by atoms with van der Waals surface area (Å²) in [6.45, 7) is 1.93. The fourth-order valence-electron chi connectivity index (χ4n) is 2.50. The number of carbonyl (C=O) groups excluding carboxylic acids is 1. The van der Waals surface area contributed by atoms with Gasteiger partial charge in [-0.1, -0.05) is 18.2 Å². The third-order valence-electron chi connectivity index (χ3n) is 3.70. The highest BCUT2D eigenvalue weighted by atomic mass is 16.5. The van der Waals surface area contributed by atoms with Gasteiger partial charge in [-0.15, -0.1) is 0 Å². The molecular formula is C16H19NO4. The van der Waals surface area contributed by atoms with Crippen molar-refractivity contribution in [2.45, 2.75) is 19.8 Å². The summed E-state index contributed by atoms with van der Waals surface area (Å²) < 4.78 is 5.24. The first-order chi connectivity index (χ1) is 10.0. The molecule has 0 saturated heterocycles. The third-order valence-corrected chi connectivity index (χ3v) is 3.70. The van der Waals surface area contributed by atoms with Crippen molar-refractivity contribution in [2.75, 3.05) is 12.4 Å². The predicted molar refractivity (Wildman–Crippen MR) is 79.4 cm³/mol. The zero-order valence-corrected chi connectivity index (χ0v) is 12.1. The van der Waals surface area contributed by atoms with Crippen molar-refractivity contribution in [3.05, 3.63) is 35.9 Å². The maximum absolute atomic E-state index is 12.4. The van der Waals surface area contributed by atoms with Gasteiger partial charge in [0.05, 0.1) is 24.6 Å². The fraction of sp³-hybridized carbons (Fsp3) is 0.375. The number of anilines is 1. The second-order valence-electron chi connectivity index (χ2n) is 5.19. The minimum atomic E-state index is -0.935. The molecule has 2 unspecified atom stereocenters. The Bertz CT molecular complexity index is 580. The van der Waals surface area contributed by atoms with Crippen molar-refractivity contribution in [3.8, 4) is 5.75 Å². The summed E-state index contributed by atoms with van der Waals surface area (Å²) in [5, 5.41) is 12.0. The van der Waals surface area contributed by atoms with E-state index >= 15 is 0 Å². The number of nitrogens with one attached hydrogen (secondary N) is 1. The molecule has 0 spiro atoms. The van der Waals surface area contributed by atoms with Crippen molar-refractivity contribution in [2.24, 2.45) is 11.8 Å². The molecule has 2 atom stereocenters. The van der Waals surface area contributed by atoms with Crippen LogP contribution in [0.4, 0.5) is 5.69 Å². The van der Waals surface area contributed by atoms with Crippen LogP contribution in [0.5, 0.6) is 5.75 Å². The lowest BCUT2D eigenvalue weighted by atomic mass is 9.82. The van der Waals surface area contributed by atoms with Crippen LogP contribution in [0.2, 0.25) is 0 Å². The number of hydrogen-bond acceptors (Lipinski definition) is 3. The number of carboxylic acids is 1. The Balaban J connectivity index is 2.17. The van der Waals surface area contributed by atoms with Crippen LogP contribution >= 0.6 is 0 Å². The molecule has 1 amide bonds. The number of rotatable bonds is 4. The average Bonchev–Trinajstić information content (AvgIpc) is 2.48. The fourth-order valence-corrected chi connectivity index (χ4v) is 2.50. The SMILES string of the molecule is COc1cc(C)ccc1NC(=O)C1CC=CCC1C(=O)O. The van der Waals surface area contributed by atoms with Crippen LogP contribution < -0.4 is 10.1 Å². The van der Waals surface area contributed by atoms with Crippen LogP contribution in [0.25, 0.3) is 0 Å². The number of carboxylic acid groups (broad SMARTS) is 1. The van der Waals surface area contributed by atoms with Gasteiger partial charge in [-0.25, -0.2) is 0 Å². The van der Waals surface area contributed by atoms with Crippen molar-refractivity contribution >= 4 is 17.6 Å². The molecular weight excluding hydrogens is 270 g/mol.